The van der Waals surface area contributed by atoms with Gasteiger partial charge in [-0.25, -0.2) is 4.79 Å². The number of aryl methyl sites for hydroxylation is 1. The fraction of sp³-hybridized carbons (Fsp3) is 0.150. The van der Waals surface area contributed by atoms with Gasteiger partial charge in [0.25, 0.3) is 5.91 Å². The number of nitriles is 1. The Bertz CT molecular complexity index is 1010. The number of nitrogens with one attached hydrogen (secondary N) is 1. The number of hydrogen-bond donors (Lipinski definition) is 1. The summed E-state index contributed by atoms with van der Waals surface area (Å²) in [5.41, 5.74) is 1.55. The second kappa shape index (κ2) is 10.2. The highest BCUT2D eigenvalue weighted by atomic mass is 35.5. The van der Waals surface area contributed by atoms with Crippen LogP contribution in [0.5, 0.6) is 5.75 Å². The molecule has 2 rings (SSSR count). The minimum atomic E-state index is -0.620. The lowest BCUT2D eigenvalue weighted by atomic mass is 10.1. The van der Waals surface area contributed by atoms with E-state index in [0.717, 1.165) is 5.56 Å². The molecule has 0 saturated heterocycles. The van der Waals surface area contributed by atoms with Crippen molar-refractivity contribution in [3.8, 4) is 11.8 Å². The van der Waals surface area contributed by atoms with Crippen molar-refractivity contribution in [2.75, 3.05) is 19.0 Å². The molecule has 0 bridgehead atoms. The number of hydrogen-bond acceptors (Lipinski definition) is 5. The summed E-state index contributed by atoms with van der Waals surface area (Å²) in [5, 5.41) is 12.7. The largest absolute Gasteiger partial charge is 0.479 e. The molecule has 0 heterocycles. The van der Waals surface area contributed by atoms with Crippen LogP contribution in [0.15, 0.2) is 35.9 Å². The molecule has 6 nitrogen and oxygen atoms in total. The van der Waals surface area contributed by atoms with E-state index in [9.17, 15) is 14.9 Å². The molecular weight excluding hydrogens is 439 g/mol. The second-order valence-corrected chi connectivity index (χ2v) is 6.99. The van der Waals surface area contributed by atoms with E-state index in [1.807, 2.05) is 13.0 Å². The first-order valence-corrected chi connectivity index (χ1v) is 9.26. The standard InChI is InChI=1S/C20H15Cl3N2O4/c1-11-3-4-14(8-15(11)21)25-20(27)13(9-24)5-12-6-16(22)19(17(23)7-12)29-10-18(26)28-2/h3-8H,10H2,1-2H3,(H,25,27)/b13-5-. The predicted molar refractivity (Wildman–Crippen MR) is 112 cm³/mol. The van der Waals surface area contributed by atoms with E-state index < -0.39 is 11.9 Å². The molecule has 0 aliphatic rings. The Hall–Kier alpha value is -2.72. The topological polar surface area (TPSA) is 88.4 Å². The van der Waals surface area contributed by atoms with Crippen molar-refractivity contribution < 1.29 is 19.1 Å². The van der Waals surface area contributed by atoms with E-state index in [4.69, 9.17) is 39.5 Å². The highest BCUT2D eigenvalue weighted by molar-refractivity contribution is 6.37. The first kappa shape index (κ1) is 22.6. The number of carbonyl (C=O) groups excluding carboxylic acids is 2. The molecule has 0 fully saturated rings. The van der Waals surface area contributed by atoms with Crippen LogP contribution in [0.2, 0.25) is 15.1 Å². The Kier molecular flexibility index (Phi) is 7.91. The van der Waals surface area contributed by atoms with Gasteiger partial charge in [-0.05, 0) is 48.4 Å². The van der Waals surface area contributed by atoms with Crippen molar-refractivity contribution in [1.82, 2.24) is 0 Å². The maximum absolute atomic E-state index is 12.4. The fourth-order valence-corrected chi connectivity index (χ4v) is 2.97. The van der Waals surface area contributed by atoms with Crippen molar-refractivity contribution in [3.63, 3.8) is 0 Å². The van der Waals surface area contributed by atoms with Crippen LogP contribution in [0, 0.1) is 18.3 Å². The van der Waals surface area contributed by atoms with Crippen LogP contribution < -0.4 is 10.1 Å². The molecule has 0 aliphatic carbocycles. The molecule has 0 spiro atoms. The Morgan fingerprint density at radius 3 is 2.34 bits per heavy atom. The van der Waals surface area contributed by atoms with E-state index >= 15 is 0 Å². The minimum absolute atomic E-state index is 0.0909. The zero-order valence-corrected chi connectivity index (χ0v) is 17.7. The smallest absolute Gasteiger partial charge is 0.343 e. The summed E-state index contributed by atoms with van der Waals surface area (Å²) in [7, 11) is 1.22. The van der Waals surface area contributed by atoms with Gasteiger partial charge in [0.05, 0.1) is 17.2 Å². The molecular formula is C20H15Cl3N2O4. The van der Waals surface area contributed by atoms with Gasteiger partial charge in [-0.2, -0.15) is 5.26 Å². The van der Waals surface area contributed by atoms with Gasteiger partial charge in [0.1, 0.15) is 11.6 Å². The van der Waals surface area contributed by atoms with E-state index in [2.05, 4.69) is 10.1 Å². The molecule has 2 aromatic carbocycles. The van der Waals surface area contributed by atoms with Crippen molar-refractivity contribution in [2.24, 2.45) is 0 Å². The summed E-state index contributed by atoms with van der Waals surface area (Å²) >= 11 is 18.3. The molecule has 0 atom stereocenters. The first-order valence-electron chi connectivity index (χ1n) is 8.13. The number of methoxy groups -OCH3 is 1. The highest BCUT2D eigenvalue weighted by Gasteiger charge is 2.14. The summed E-state index contributed by atoms with van der Waals surface area (Å²) in [5.74, 6) is -1.13. The van der Waals surface area contributed by atoms with Gasteiger partial charge in [-0.15, -0.1) is 0 Å². The number of rotatable bonds is 6. The van der Waals surface area contributed by atoms with Crippen LogP contribution in [0.4, 0.5) is 5.69 Å². The number of ether oxygens (including phenoxy) is 2. The summed E-state index contributed by atoms with van der Waals surface area (Å²) in [6.07, 6.45) is 1.33. The van der Waals surface area contributed by atoms with Crippen molar-refractivity contribution in [1.29, 1.82) is 5.26 Å². The first-order chi connectivity index (χ1) is 13.7. The zero-order valence-electron chi connectivity index (χ0n) is 15.4. The normalized spacial score (nSPS) is 10.8. The molecule has 29 heavy (non-hydrogen) atoms. The summed E-state index contributed by atoms with van der Waals surface area (Å²) in [4.78, 5) is 23.6. The average Bonchev–Trinajstić information content (AvgIpc) is 2.67. The maximum Gasteiger partial charge on any atom is 0.343 e. The Balaban J connectivity index is 2.23. The maximum atomic E-state index is 12.4. The third-order valence-electron chi connectivity index (χ3n) is 3.69. The minimum Gasteiger partial charge on any atom is -0.479 e. The van der Waals surface area contributed by atoms with Crippen LogP contribution in [0.25, 0.3) is 6.08 Å². The second-order valence-electron chi connectivity index (χ2n) is 5.77. The summed E-state index contributed by atoms with van der Waals surface area (Å²) in [6.45, 7) is 1.47. The third kappa shape index (κ3) is 6.13. The number of amides is 1. The zero-order chi connectivity index (χ0) is 21.6. The van der Waals surface area contributed by atoms with Gasteiger partial charge >= 0.3 is 5.97 Å². The van der Waals surface area contributed by atoms with Crippen LogP contribution in [-0.2, 0) is 14.3 Å². The van der Waals surface area contributed by atoms with Gasteiger partial charge < -0.3 is 14.8 Å². The predicted octanol–water partition coefficient (Wildman–Crippen LogP) is 5.05. The number of carbonyl (C=O) groups is 2. The molecule has 9 heteroatoms. The van der Waals surface area contributed by atoms with Gasteiger partial charge in [0, 0.05) is 10.7 Å². The summed E-state index contributed by atoms with van der Waals surface area (Å²) in [6, 6.07) is 9.75. The molecule has 0 aliphatic heterocycles. The lowest BCUT2D eigenvalue weighted by Crippen LogP contribution is -2.13. The molecule has 0 aromatic heterocycles. The number of halogens is 3. The molecule has 0 radical (unpaired) electrons. The quantitative estimate of drug-likeness (QED) is 0.375. The van der Waals surface area contributed by atoms with Crippen molar-refractivity contribution in [3.05, 3.63) is 62.1 Å². The Labute approximate surface area is 182 Å². The fourth-order valence-electron chi connectivity index (χ4n) is 2.18. The molecule has 1 amide bonds. The van der Waals surface area contributed by atoms with E-state index in [-0.39, 0.29) is 28.0 Å². The Morgan fingerprint density at radius 1 is 1.14 bits per heavy atom. The van der Waals surface area contributed by atoms with Crippen LogP contribution >= 0.6 is 34.8 Å². The lowest BCUT2D eigenvalue weighted by Gasteiger charge is -2.10. The van der Waals surface area contributed by atoms with Crippen LogP contribution in [0.1, 0.15) is 11.1 Å². The molecule has 1 N–H and O–H groups in total. The summed E-state index contributed by atoms with van der Waals surface area (Å²) < 4.78 is 9.72. The number of nitrogens with zero attached hydrogens (tertiary/aromatic N) is 1. The molecule has 150 valence electrons. The number of anilines is 1. The van der Waals surface area contributed by atoms with Gasteiger partial charge in [0.2, 0.25) is 0 Å². The van der Waals surface area contributed by atoms with Crippen molar-refractivity contribution >= 4 is 58.4 Å². The highest BCUT2D eigenvalue weighted by Crippen LogP contribution is 2.35. The van der Waals surface area contributed by atoms with Crippen LogP contribution in [0.3, 0.4) is 0 Å². The van der Waals surface area contributed by atoms with Crippen LogP contribution in [-0.4, -0.2) is 25.6 Å². The van der Waals surface area contributed by atoms with Gasteiger partial charge in [0.15, 0.2) is 12.4 Å². The van der Waals surface area contributed by atoms with E-state index in [0.29, 0.717) is 16.3 Å². The molecule has 2 aromatic rings. The number of esters is 1. The van der Waals surface area contributed by atoms with E-state index in [1.165, 1.54) is 25.3 Å². The Morgan fingerprint density at radius 2 is 1.79 bits per heavy atom. The average molecular weight is 454 g/mol. The third-order valence-corrected chi connectivity index (χ3v) is 4.66. The molecule has 0 saturated carbocycles. The van der Waals surface area contributed by atoms with Gasteiger partial charge in [-0.3, -0.25) is 4.79 Å². The SMILES string of the molecule is COC(=O)COc1c(Cl)cc(/C=C(/C#N)C(=O)Nc2ccc(C)c(Cl)c2)cc1Cl. The monoisotopic (exact) mass is 452 g/mol. The van der Waals surface area contributed by atoms with Gasteiger partial charge in [-0.1, -0.05) is 40.9 Å². The molecule has 0 unspecified atom stereocenters. The number of benzene rings is 2. The van der Waals surface area contributed by atoms with E-state index in [1.54, 1.807) is 18.2 Å². The lowest BCUT2D eigenvalue weighted by molar-refractivity contribution is -0.142. The van der Waals surface area contributed by atoms with Crippen molar-refractivity contribution in [2.45, 2.75) is 6.92 Å².